The minimum absolute atomic E-state index is 0.0304. The van der Waals surface area contributed by atoms with Crippen LogP contribution in [0, 0.1) is 34.5 Å². The molecule has 3 fully saturated rings. The minimum Gasteiger partial charge on any atom is -0.360 e. The molecule has 4 amide bonds. The Bertz CT molecular complexity index is 1190. The summed E-state index contributed by atoms with van der Waals surface area (Å²) in [4.78, 5) is 52.4. The third kappa shape index (κ3) is 7.02. The molecule has 0 aromatic carbocycles. The second-order valence-corrected chi connectivity index (χ2v) is 13.4. The van der Waals surface area contributed by atoms with E-state index >= 15 is 0 Å². The van der Waals surface area contributed by atoms with E-state index < -0.39 is 82.7 Å². The van der Waals surface area contributed by atoms with Crippen molar-refractivity contribution in [1.82, 2.24) is 20.9 Å². The van der Waals surface area contributed by atoms with E-state index in [4.69, 9.17) is 4.74 Å². The van der Waals surface area contributed by atoms with Gasteiger partial charge in [-0.25, -0.2) is 0 Å². The summed E-state index contributed by atoms with van der Waals surface area (Å²) in [5, 5.41) is 16.5. The molecule has 0 spiro atoms. The summed E-state index contributed by atoms with van der Waals surface area (Å²) >= 11 is 0. The molecule has 3 rings (SSSR count). The van der Waals surface area contributed by atoms with Crippen molar-refractivity contribution in [2.24, 2.45) is 23.2 Å². The molecule has 2 heterocycles. The number of nitriles is 1. The van der Waals surface area contributed by atoms with Crippen LogP contribution >= 0.6 is 0 Å². The van der Waals surface area contributed by atoms with Gasteiger partial charge in [-0.15, -0.1) is 0 Å². The van der Waals surface area contributed by atoms with E-state index in [-0.39, 0.29) is 24.8 Å². The number of ether oxygens (including phenoxy) is 1. The van der Waals surface area contributed by atoms with Gasteiger partial charge in [0.25, 0.3) is 0 Å². The monoisotopic (exact) mass is 625 g/mol. The first-order chi connectivity index (χ1) is 19.3. The number of carbonyl (C=O) groups is 4. The molecule has 43 heavy (non-hydrogen) atoms. The predicted molar refractivity (Wildman–Crippen MR) is 137 cm³/mol. The van der Waals surface area contributed by atoms with E-state index in [0.717, 1.165) is 11.8 Å². The van der Waals surface area contributed by atoms with Gasteiger partial charge in [0.2, 0.25) is 17.7 Å². The Hall–Kier alpha value is -3.09. The number of alkyl halides is 6. The van der Waals surface area contributed by atoms with E-state index in [0.29, 0.717) is 20.3 Å². The molecule has 0 aromatic rings. The molecule has 2 aliphatic heterocycles. The van der Waals surface area contributed by atoms with Crippen molar-refractivity contribution in [3.63, 3.8) is 0 Å². The summed E-state index contributed by atoms with van der Waals surface area (Å²) in [7, 11) is 0. The van der Waals surface area contributed by atoms with Crippen LogP contribution in [0.25, 0.3) is 0 Å². The van der Waals surface area contributed by atoms with Crippen LogP contribution in [0.3, 0.4) is 0 Å². The van der Waals surface area contributed by atoms with Gasteiger partial charge in [0.05, 0.1) is 12.2 Å². The van der Waals surface area contributed by atoms with E-state index in [9.17, 15) is 50.8 Å². The van der Waals surface area contributed by atoms with Gasteiger partial charge in [-0.2, -0.15) is 31.6 Å². The third-order valence-corrected chi connectivity index (χ3v) is 8.78. The highest BCUT2D eigenvalue weighted by Gasteiger charge is 2.70. The van der Waals surface area contributed by atoms with Crippen molar-refractivity contribution in [1.29, 1.82) is 5.26 Å². The van der Waals surface area contributed by atoms with Crippen LogP contribution in [0.15, 0.2) is 0 Å². The maximum absolute atomic E-state index is 13.7. The summed E-state index contributed by atoms with van der Waals surface area (Å²) in [6, 6.07) is -2.76. The van der Waals surface area contributed by atoms with Gasteiger partial charge in [0.15, 0.2) is 5.60 Å². The lowest BCUT2D eigenvalue weighted by atomic mass is 9.91. The Kier molecular flexibility index (Phi) is 8.90. The Morgan fingerprint density at radius 1 is 1.12 bits per heavy atom. The molecule has 16 heteroatoms. The lowest BCUT2D eigenvalue weighted by Gasteiger charge is -2.38. The molecule has 0 aromatic heterocycles. The molecule has 0 bridgehead atoms. The van der Waals surface area contributed by atoms with Gasteiger partial charge in [-0.1, -0.05) is 13.8 Å². The number of hydrogen-bond acceptors (Lipinski definition) is 6. The first kappa shape index (κ1) is 34.4. The van der Waals surface area contributed by atoms with Crippen molar-refractivity contribution in [3.8, 4) is 6.07 Å². The van der Waals surface area contributed by atoms with Crippen molar-refractivity contribution in [3.05, 3.63) is 0 Å². The highest BCUT2D eigenvalue weighted by Crippen LogP contribution is 2.65. The first-order valence-corrected chi connectivity index (χ1v) is 13.8. The molecular formula is C27H37F6N5O5. The molecule has 1 saturated carbocycles. The van der Waals surface area contributed by atoms with Gasteiger partial charge in [-0.3, -0.25) is 19.2 Å². The Labute approximate surface area is 245 Å². The van der Waals surface area contributed by atoms with Crippen LogP contribution in [-0.4, -0.2) is 82.8 Å². The number of carbonyl (C=O) groups excluding carboxylic acids is 4. The SMILES string of the molecule is C[C@@H](OC(C)(C)C(F)(F)F)[C@H](NC(=O)C(F)(F)F)C(=O)N1C[C@H]2[C@@H]([C@H]1C(=O)N[C@H](C#N)C[C@@H]1CC(C)(C)NC1=O)C2(C)C. The zero-order valence-corrected chi connectivity index (χ0v) is 24.9. The summed E-state index contributed by atoms with van der Waals surface area (Å²) in [6.45, 7) is 9.27. The van der Waals surface area contributed by atoms with E-state index in [1.54, 1.807) is 13.8 Å². The number of piperidine rings is 1. The number of halogens is 6. The lowest BCUT2D eigenvalue weighted by molar-refractivity contribution is -0.277. The van der Waals surface area contributed by atoms with Gasteiger partial charge in [0.1, 0.15) is 18.1 Å². The normalized spacial score (nSPS) is 28.2. The molecule has 3 aliphatic rings. The average Bonchev–Trinajstić information content (AvgIpc) is 3.11. The Morgan fingerprint density at radius 3 is 2.16 bits per heavy atom. The number of nitrogens with one attached hydrogen (secondary N) is 3. The highest BCUT2D eigenvalue weighted by molar-refractivity contribution is 5.95. The molecule has 1 aliphatic carbocycles. The molecule has 7 atom stereocenters. The molecule has 10 nitrogen and oxygen atoms in total. The minimum atomic E-state index is -5.47. The number of hydrogen-bond donors (Lipinski definition) is 3. The summed E-state index contributed by atoms with van der Waals surface area (Å²) < 4.78 is 85.0. The van der Waals surface area contributed by atoms with E-state index in [2.05, 4.69) is 10.6 Å². The topological polar surface area (TPSA) is 141 Å². The van der Waals surface area contributed by atoms with Gasteiger partial charge < -0.3 is 25.6 Å². The lowest BCUT2D eigenvalue weighted by Crippen LogP contribution is -2.62. The van der Waals surface area contributed by atoms with Crippen LogP contribution in [0.2, 0.25) is 0 Å². The number of likely N-dealkylation sites (tertiary alicyclic amines) is 1. The summed E-state index contributed by atoms with van der Waals surface area (Å²) in [5.74, 6) is -6.25. The van der Waals surface area contributed by atoms with Crippen molar-refractivity contribution >= 4 is 23.6 Å². The zero-order chi connectivity index (χ0) is 33.1. The fourth-order valence-corrected chi connectivity index (χ4v) is 6.27. The zero-order valence-electron chi connectivity index (χ0n) is 24.9. The predicted octanol–water partition coefficient (Wildman–Crippen LogP) is 2.58. The van der Waals surface area contributed by atoms with Crippen LogP contribution < -0.4 is 16.0 Å². The average molecular weight is 626 g/mol. The van der Waals surface area contributed by atoms with Crippen molar-refractivity contribution < 1.29 is 50.3 Å². The highest BCUT2D eigenvalue weighted by atomic mass is 19.4. The number of fused-ring (bicyclic) bond motifs is 1. The second kappa shape index (κ2) is 11.1. The fourth-order valence-electron chi connectivity index (χ4n) is 6.27. The van der Waals surface area contributed by atoms with Gasteiger partial charge in [-0.05, 0) is 64.7 Å². The van der Waals surface area contributed by atoms with Crippen LogP contribution in [-0.2, 0) is 23.9 Å². The standard InChI is InChI=1S/C27H37F6N5O5/c1-12(43-25(6,7)27(31,32)33)17(36-22(42)26(28,29)30)21(41)38-11-15-16(24(15,4)5)18(38)20(40)35-14(10-34)8-13-9-23(2,3)37-19(13)39/h12-18H,8-9,11H2,1-7H3,(H,35,40)(H,36,42)(H,37,39)/t12-,13-,14+,15+,16+,17+,18+/m1/s1. The third-order valence-electron chi connectivity index (χ3n) is 8.78. The quantitative estimate of drug-likeness (QED) is 0.337. The van der Waals surface area contributed by atoms with Crippen LogP contribution in [0.1, 0.15) is 61.3 Å². The van der Waals surface area contributed by atoms with Crippen molar-refractivity contribution in [2.45, 2.75) is 109 Å². The van der Waals surface area contributed by atoms with Gasteiger partial charge in [0, 0.05) is 18.0 Å². The fraction of sp³-hybridized carbons (Fsp3) is 0.815. The first-order valence-electron chi connectivity index (χ1n) is 13.8. The molecular weight excluding hydrogens is 588 g/mol. The van der Waals surface area contributed by atoms with Crippen molar-refractivity contribution in [2.75, 3.05) is 6.54 Å². The number of amides is 4. The Balaban J connectivity index is 1.87. The number of rotatable bonds is 9. The Morgan fingerprint density at radius 2 is 1.70 bits per heavy atom. The van der Waals surface area contributed by atoms with E-state index in [1.165, 1.54) is 5.32 Å². The summed E-state index contributed by atoms with van der Waals surface area (Å²) in [5.41, 5.74) is -3.89. The molecule has 242 valence electrons. The number of nitrogens with zero attached hydrogens (tertiary/aromatic N) is 2. The van der Waals surface area contributed by atoms with Crippen LogP contribution in [0.5, 0.6) is 0 Å². The second-order valence-electron chi connectivity index (χ2n) is 13.4. The molecule has 0 unspecified atom stereocenters. The van der Waals surface area contributed by atoms with Crippen LogP contribution in [0.4, 0.5) is 26.3 Å². The van der Waals surface area contributed by atoms with E-state index in [1.807, 2.05) is 19.9 Å². The maximum Gasteiger partial charge on any atom is 0.471 e. The molecule has 2 saturated heterocycles. The molecule has 0 radical (unpaired) electrons. The smallest absolute Gasteiger partial charge is 0.360 e. The largest absolute Gasteiger partial charge is 0.471 e. The summed E-state index contributed by atoms with van der Waals surface area (Å²) in [6.07, 6.45) is -12.0. The molecule has 3 N–H and O–H groups in total. The maximum atomic E-state index is 13.7. The van der Waals surface area contributed by atoms with Gasteiger partial charge >= 0.3 is 18.3 Å².